The molecule has 0 aliphatic heterocycles. The SMILES string of the molecule is N[C@H](CCC[C@@H](CO)NC(=O)CC[C@@H](NC(=O)CCCCCCCCCCOc1ccccc1)C(=O)O)C(=O)O. The molecule has 0 aromatic heterocycles. The summed E-state index contributed by atoms with van der Waals surface area (Å²) in [7, 11) is 0. The van der Waals surface area contributed by atoms with E-state index in [9.17, 15) is 29.4 Å². The van der Waals surface area contributed by atoms with Gasteiger partial charge in [0.2, 0.25) is 11.8 Å². The fraction of sp³-hybridized carbons (Fsp3) is 0.655. The van der Waals surface area contributed by atoms with E-state index >= 15 is 0 Å². The first-order chi connectivity index (χ1) is 19.2. The van der Waals surface area contributed by atoms with Gasteiger partial charge in [0.25, 0.3) is 0 Å². The molecule has 0 saturated heterocycles. The highest BCUT2D eigenvalue weighted by Crippen LogP contribution is 2.12. The molecular formula is C29H47N3O8. The first-order valence-corrected chi connectivity index (χ1v) is 14.3. The van der Waals surface area contributed by atoms with E-state index in [4.69, 9.17) is 15.6 Å². The number of carboxylic acid groups (broad SMARTS) is 2. The average molecular weight is 566 g/mol. The summed E-state index contributed by atoms with van der Waals surface area (Å²) in [6, 6.07) is 7.01. The largest absolute Gasteiger partial charge is 0.494 e. The molecule has 11 nitrogen and oxygen atoms in total. The molecule has 1 rings (SSSR count). The summed E-state index contributed by atoms with van der Waals surface area (Å²) in [5.41, 5.74) is 5.44. The van der Waals surface area contributed by atoms with Crippen molar-refractivity contribution in [3.63, 3.8) is 0 Å². The monoisotopic (exact) mass is 565 g/mol. The maximum Gasteiger partial charge on any atom is 0.326 e. The number of ether oxygens (including phenoxy) is 1. The molecule has 0 radical (unpaired) electrons. The predicted octanol–water partition coefficient (Wildman–Crippen LogP) is 2.99. The lowest BCUT2D eigenvalue weighted by Crippen LogP contribution is -2.43. The van der Waals surface area contributed by atoms with Crippen LogP contribution in [0, 0.1) is 0 Å². The Morgan fingerprint density at radius 3 is 1.93 bits per heavy atom. The number of unbranched alkanes of at least 4 members (excludes halogenated alkanes) is 7. The summed E-state index contributed by atoms with van der Waals surface area (Å²) in [4.78, 5) is 46.7. The number of nitrogens with one attached hydrogen (secondary N) is 2. The minimum Gasteiger partial charge on any atom is -0.494 e. The van der Waals surface area contributed by atoms with E-state index in [-0.39, 0.29) is 38.2 Å². The maximum absolute atomic E-state index is 12.2. The van der Waals surface area contributed by atoms with Crippen molar-refractivity contribution < 1.29 is 39.2 Å². The van der Waals surface area contributed by atoms with Crippen LogP contribution in [-0.2, 0) is 19.2 Å². The van der Waals surface area contributed by atoms with E-state index in [1.54, 1.807) is 0 Å². The Kier molecular flexibility index (Phi) is 18.8. The first-order valence-electron chi connectivity index (χ1n) is 14.3. The van der Waals surface area contributed by atoms with Crippen molar-refractivity contribution in [3.05, 3.63) is 30.3 Å². The summed E-state index contributed by atoms with van der Waals surface area (Å²) < 4.78 is 5.68. The van der Waals surface area contributed by atoms with E-state index in [0.29, 0.717) is 19.3 Å². The van der Waals surface area contributed by atoms with Gasteiger partial charge in [-0.2, -0.15) is 0 Å². The average Bonchev–Trinajstić information content (AvgIpc) is 2.93. The summed E-state index contributed by atoms with van der Waals surface area (Å²) in [5.74, 6) is -2.23. The quantitative estimate of drug-likeness (QED) is 0.102. The van der Waals surface area contributed by atoms with E-state index in [1.165, 1.54) is 0 Å². The molecular weight excluding hydrogens is 518 g/mol. The Morgan fingerprint density at radius 2 is 1.32 bits per heavy atom. The summed E-state index contributed by atoms with van der Waals surface area (Å²) in [6.45, 7) is 0.382. The molecule has 3 atom stereocenters. The van der Waals surface area contributed by atoms with Gasteiger partial charge in [0, 0.05) is 12.8 Å². The number of benzene rings is 1. The lowest BCUT2D eigenvalue weighted by molar-refractivity contribution is -0.142. The van der Waals surface area contributed by atoms with Gasteiger partial charge in [-0.25, -0.2) is 4.79 Å². The molecule has 1 aromatic carbocycles. The van der Waals surface area contributed by atoms with Crippen molar-refractivity contribution >= 4 is 23.8 Å². The molecule has 1 aromatic rings. The molecule has 2 amide bonds. The number of rotatable bonds is 24. The number of nitrogens with two attached hydrogens (primary N) is 1. The van der Waals surface area contributed by atoms with E-state index < -0.39 is 36.0 Å². The van der Waals surface area contributed by atoms with Crippen LogP contribution in [0.3, 0.4) is 0 Å². The Bertz CT molecular complexity index is 868. The number of carbonyl (C=O) groups excluding carboxylic acids is 2. The van der Waals surface area contributed by atoms with Crippen molar-refractivity contribution in [2.45, 2.75) is 108 Å². The van der Waals surface area contributed by atoms with Crippen LogP contribution in [0.1, 0.15) is 89.9 Å². The third kappa shape index (κ3) is 17.4. The molecule has 40 heavy (non-hydrogen) atoms. The summed E-state index contributed by atoms with van der Waals surface area (Å²) >= 11 is 0. The van der Waals surface area contributed by atoms with Crippen molar-refractivity contribution in [1.82, 2.24) is 10.6 Å². The number of aliphatic hydroxyl groups excluding tert-OH is 1. The van der Waals surface area contributed by atoms with Gasteiger partial charge in [-0.3, -0.25) is 14.4 Å². The van der Waals surface area contributed by atoms with Crippen LogP contribution in [0.2, 0.25) is 0 Å². The molecule has 0 spiro atoms. The van der Waals surface area contributed by atoms with Gasteiger partial charge in [-0.05, 0) is 50.7 Å². The number of carbonyl (C=O) groups is 4. The fourth-order valence-electron chi connectivity index (χ4n) is 4.17. The van der Waals surface area contributed by atoms with Gasteiger partial charge in [-0.1, -0.05) is 56.7 Å². The number of hydrogen-bond donors (Lipinski definition) is 6. The van der Waals surface area contributed by atoms with Crippen LogP contribution in [0.5, 0.6) is 5.75 Å². The third-order valence-corrected chi connectivity index (χ3v) is 6.57. The lowest BCUT2D eigenvalue weighted by atomic mass is 10.1. The molecule has 226 valence electrons. The highest BCUT2D eigenvalue weighted by molar-refractivity contribution is 5.84. The van der Waals surface area contributed by atoms with Crippen LogP contribution in [0.4, 0.5) is 0 Å². The predicted molar refractivity (Wildman–Crippen MR) is 151 cm³/mol. The second-order valence-electron chi connectivity index (χ2n) is 10.1. The molecule has 7 N–H and O–H groups in total. The summed E-state index contributed by atoms with van der Waals surface area (Å²) in [6.07, 6.45) is 9.06. The molecule has 0 heterocycles. The smallest absolute Gasteiger partial charge is 0.326 e. The van der Waals surface area contributed by atoms with Crippen LogP contribution in [0.25, 0.3) is 0 Å². The van der Waals surface area contributed by atoms with Gasteiger partial charge >= 0.3 is 11.9 Å². The van der Waals surface area contributed by atoms with Crippen LogP contribution < -0.4 is 21.1 Å². The number of aliphatic carboxylic acids is 2. The van der Waals surface area contributed by atoms with Crippen molar-refractivity contribution in [3.8, 4) is 5.75 Å². The highest BCUT2D eigenvalue weighted by Gasteiger charge is 2.22. The topological polar surface area (TPSA) is 188 Å². The Morgan fingerprint density at radius 1 is 0.725 bits per heavy atom. The lowest BCUT2D eigenvalue weighted by Gasteiger charge is -2.18. The molecule has 0 unspecified atom stereocenters. The first kappa shape index (κ1) is 34.8. The minimum absolute atomic E-state index is 0.0780. The van der Waals surface area contributed by atoms with E-state index in [2.05, 4.69) is 10.6 Å². The second kappa shape index (κ2) is 21.6. The van der Waals surface area contributed by atoms with Gasteiger partial charge in [0.05, 0.1) is 19.3 Å². The fourth-order valence-corrected chi connectivity index (χ4v) is 4.17. The van der Waals surface area contributed by atoms with Crippen molar-refractivity contribution in [1.29, 1.82) is 0 Å². The second-order valence-corrected chi connectivity index (χ2v) is 10.1. The molecule has 0 aliphatic carbocycles. The van der Waals surface area contributed by atoms with E-state index in [0.717, 1.165) is 57.3 Å². The molecule has 0 aliphatic rings. The van der Waals surface area contributed by atoms with Crippen molar-refractivity contribution in [2.75, 3.05) is 13.2 Å². The molecule has 11 heteroatoms. The van der Waals surface area contributed by atoms with Crippen molar-refractivity contribution in [2.24, 2.45) is 5.73 Å². The Hall–Kier alpha value is -3.18. The Labute approximate surface area is 236 Å². The number of para-hydroxylation sites is 1. The van der Waals surface area contributed by atoms with Gasteiger partial charge in [0.15, 0.2) is 0 Å². The number of carboxylic acids is 2. The highest BCUT2D eigenvalue weighted by atomic mass is 16.5. The standard InChI is InChI=1S/C29H47N3O8/c30-24(28(36)37)16-12-13-22(21-33)31-27(35)19-18-25(29(38)39)32-26(34)17-10-5-3-1-2-4-6-11-20-40-23-14-8-7-9-15-23/h7-9,14-15,22,24-25,33H,1-6,10-13,16-21,30H2,(H,31,35)(H,32,34)(H,36,37)(H,38,39)/t22-,24+,25+/m0/s1. The minimum atomic E-state index is -1.21. The number of amides is 2. The molecule has 0 saturated carbocycles. The molecule has 0 fully saturated rings. The van der Waals surface area contributed by atoms with Gasteiger partial charge < -0.3 is 36.4 Å². The zero-order valence-electron chi connectivity index (χ0n) is 23.4. The van der Waals surface area contributed by atoms with Gasteiger partial charge in [-0.15, -0.1) is 0 Å². The van der Waals surface area contributed by atoms with Crippen LogP contribution >= 0.6 is 0 Å². The Balaban J connectivity index is 2.11. The normalized spacial score (nSPS) is 13.2. The number of aliphatic hydroxyl groups is 1. The number of hydrogen-bond acceptors (Lipinski definition) is 7. The zero-order valence-corrected chi connectivity index (χ0v) is 23.4. The van der Waals surface area contributed by atoms with Crippen LogP contribution in [0.15, 0.2) is 30.3 Å². The van der Waals surface area contributed by atoms with Crippen LogP contribution in [-0.4, -0.2) is 70.4 Å². The molecule has 0 bridgehead atoms. The van der Waals surface area contributed by atoms with Gasteiger partial charge in [0.1, 0.15) is 17.8 Å². The third-order valence-electron chi connectivity index (χ3n) is 6.57. The summed E-state index contributed by atoms with van der Waals surface area (Å²) in [5, 5.41) is 32.8. The zero-order chi connectivity index (χ0) is 29.6. The van der Waals surface area contributed by atoms with E-state index in [1.807, 2.05) is 30.3 Å². The maximum atomic E-state index is 12.2.